The number of nitrogens with zero attached hydrogens (tertiary/aromatic N) is 2. The monoisotopic (exact) mass is 392 g/mol. The lowest BCUT2D eigenvalue weighted by atomic mass is 9.94. The van der Waals surface area contributed by atoms with Gasteiger partial charge in [0.05, 0.1) is 0 Å². The van der Waals surface area contributed by atoms with E-state index in [2.05, 4.69) is 33.0 Å². The number of carbonyl (C=O) groups excluding carboxylic acids is 1. The van der Waals surface area contributed by atoms with Crippen molar-refractivity contribution in [1.82, 2.24) is 9.80 Å². The van der Waals surface area contributed by atoms with Crippen molar-refractivity contribution >= 4 is 21.8 Å². The largest absolute Gasteiger partial charge is 0.484 e. The third-order valence-corrected chi connectivity index (χ3v) is 5.32. The van der Waals surface area contributed by atoms with Crippen molar-refractivity contribution < 1.29 is 9.53 Å². The zero-order chi connectivity index (χ0) is 16.8. The number of benzene rings is 1. The Kier molecular flexibility index (Phi) is 6.32. The van der Waals surface area contributed by atoms with Gasteiger partial charge in [-0.05, 0) is 49.4 Å². The van der Waals surface area contributed by atoms with Gasteiger partial charge in [0.15, 0.2) is 6.61 Å². The Morgan fingerprint density at radius 3 is 2.54 bits per heavy atom. The summed E-state index contributed by atoms with van der Waals surface area (Å²) in [6.45, 7) is 4.86. The van der Waals surface area contributed by atoms with Crippen LogP contribution in [-0.4, -0.2) is 55.0 Å². The number of piperazine rings is 1. The Balaban J connectivity index is 1.38. The van der Waals surface area contributed by atoms with E-state index < -0.39 is 0 Å². The summed E-state index contributed by atoms with van der Waals surface area (Å²) in [4.78, 5) is 16.7. The zero-order valence-electron chi connectivity index (χ0n) is 14.0. The second-order valence-electron chi connectivity index (χ2n) is 6.57. The molecule has 1 aromatic rings. The van der Waals surface area contributed by atoms with Crippen molar-refractivity contribution in [3.8, 4) is 5.75 Å². The van der Waals surface area contributed by atoms with Crippen LogP contribution in [0.5, 0.6) is 5.75 Å². The van der Waals surface area contributed by atoms with E-state index >= 15 is 0 Å². The number of rotatable bonds is 5. The number of ether oxygens (including phenoxy) is 1. The van der Waals surface area contributed by atoms with Gasteiger partial charge < -0.3 is 9.64 Å². The molecule has 4 nitrogen and oxygen atoms in total. The highest BCUT2D eigenvalue weighted by Crippen LogP contribution is 2.20. The van der Waals surface area contributed by atoms with E-state index in [1.54, 1.807) is 0 Å². The van der Waals surface area contributed by atoms with Gasteiger partial charge in [-0.3, -0.25) is 9.69 Å². The van der Waals surface area contributed by atoms with E-state index in [1.807, 2.05) is 29.2 Å². The lowest BCUT2D eigenvalue weighted by molar-refractivity contribution is -0.135. The van der Waals surface area contributed by atoms with Crippen LogP contribution < -0.4 is 4.74 Å². The van der Waals surface area contributed by atoms with Crippen LogP contribution in [0.25, 0.3) is 0 Å². The van der Waals surface area contributed by atoms with E-state index in [4.69, 9.17) is 4.74 Å². The summed E-state index contributed by atoms with van der Waals surface area (Å²) >= 11 is 3.39. The van der Waals surface area contributed by atoms with Crippen molar-refractivity contribution in [2.45, 2.75) is 19.3 Å². The number of hydrogen-bond acceptors (Lipinski definition) is 3. The van der Waals surface area contributed by atoms with Crippen molar-refractivity contribution in [1.29, 1.82) is 0 Å². The Morgan fingerprint density at radius 1 is 1.12 bits per heavy atom. The molecule has 1 saturated heterocycles. The standard InChI is InChI=1S/C19H25BrN2O2/c20-17-6-8-18(9-7-17)24-15-19(23)22-12-10-21(11-13-22)14-16-4-2-1-3-5-16/h1-2,6-9,16H,3-5,10-15H2/t16-/m1/s1. The average Bonchev–Trinajstić information content (AvgIpc) is 2.62. The molecule has 1 aromatic carbocycles. The summed E-state index contributed by atoms with van der Waals surface area (Å²) in [5.41, 5.74) is 0. The highest BCUT2D eigenvalue weighted by molar-refractivity contribution is 9.10. The number of halogens is 1. The fraction of sp³-hybridized carbons (Fsp3) is 0.526. The highest BCUT2D eigenvalue weighted by atomic mass is 79.9. The van der Waals surface area contributed by atoms with Crippen LogP contribution in [0.15, 0.2) is 40.9 Å². The van der Waals surface area contributed by atoms with Crippen LogP contribution in [0.3, 0.4) is 0 Å². The SMILES string of the molecule is O=C(COc1ccc(Br)cc1)N1CCN(C[C@@H]2CC=CCC2)CC1. The second-order valence-corrected chi connectivity index (χ2v) is 7.49. The summed E-state index contributed by atoms with van der Waals surface area (Å²) in [5.74, 6) is 1.60. The molecule has 5 heteroatoms. The first kappa shape index (κ1) is 17.5. The molecule has 2 aliphatic rings. The topological polar surface area (TPSA) is 32.8 Å². The van der Waals surface area contributed by atoms with E-state index in [1.165, 1.54) is 25.8 Å². The van der Waals surface area contributed by atoms with Crippen molar-refractivity contribution in [2.75, 3.05) is 39.3 Å². The molecule has 0 bridgehead atoms. The Hall–Kier alpha value is -1.33. The van der Waals surface area contributed by atoms with Crippen LogP contribution in [0.1, 0.15) is 19.3 Å². The van der Waals surface area contributed by atoms with Gasteiger partial charge in [-0.25, -0.2) is 0 Å². The van der Waals surface area contributed by atoms with Gasteiger partial charge in [-0.15, -0.1) is 0 Å². The third-order valence-electron chi connectivity index (χ3n) is 4.80. The van der Waals surface area contributed by atoms with Gasteiger partial charge in [-0.2, -0.15) is 0 Å². The molecular formula is C19H25BrN2O2. The molecule has 0 N–H and O–H groups in total. The van der Waals surface area contributed by atoms with Gasteiger partial charge in [-0.1, -0.05) is 28.1 Å². The molecule has 0 radical (unpaired) electrons. The molecule has 0 aromatic heterocycles. The Bertz CT molecular complexity index is 565. The Morgan fingerprint density at radius 2 is 1.88 bits per heavy atom. The number of hydrogen-bond donors (Lipinski definition) is 0. The first-order valence-corrected chi connectivity index (χ1v) is 9.53. The van der Waals surface area contributed by atoms with Gasteiger partial charge in [0.1, 0.15) is 5.75 Å². The fourth-order valence-corrected chi connectivity index (χ4v) is 3.60. The normalized spacial score (nSPS) is 21.7. The maximum absolute atomic E-state index is 12.3. The first-order valence-electron chi connectivity index (χ1n) is 8.74. The fourth-order valence-electron chi connectivity index (χ4n) is 3.33. The van der Waals surface area contributed by atoms with Gasteiger partial charge in [0.25, 0.3) is 5.91 Å². The average molecular weight is 393 g/mol. The summed E-state index contributed by atoms with van der Waals surface area (Å²) in [7, 11) is 0. The molecule has 1 atom stereocenters. The summed E-state index contributed by atoms with van der Waals surface area (Å²) in [6.07, 6.45) is 8.33. The maximum Gasteiger partial charge on any atom is 0.260 e. The lowest BCUT2D eigenvalue weighted by Gasteiger charge is -2.36. The molecule has 1 aliphatic carbocycles. The van der Waals surface area contributed by atoms with Crippen LogP contribution in [0.2, 0.25) is 0 Å². The summed E-state index contributed by atoms with van der Waals surface area (Å²) in [5, 5.41) is 0. The molecule has 1 aliphatic heterocycles. The minimum Gasteiger partial charge on any atom is -0.484 e. The molecule has 24 heavy (non-hydrogen) atoms. The maximum atomic E-state index is 12.3. The first-order chi connectivity index (χ1) is 11.7. The summed E-state index contributed by atoms with van der Waals surface area (Å²) in [6, 6.07) is 7.57. The molecule has 1 heterocycles. The molecule has 0 saturated carbocycles. The molecule has 3 rings (SSSR count). The lowest BCUT2D eigenvalue weighted by Crippen LogP contribution is -2.50. The van der Waals surface area contributed by atoms with Crippen LogP contribution in [-0.2, 0) is 4.79 Å². The summed E-state index contributed by atoms with van der Waals surface area (Å²) < 4.78 is 6.60. The molecule has 1 amide bonds. The quantitative estimate of drug-likeness (QED) is 0.720. The third kappa shape index (κ3) is 5.08. The number of carbonyl (C=O) groups is 1. The number of amides is 1. The molecule has 1 fully saturated rings. The number of allylic oxidation sites excluding steroid dienone is 2. The van der Waals surface area contributed by atoms with Crippen molar-refractivity contribution in [2.24, 2.45) is 5.92 Å². The minimum atomic E-state index is 0.0816. The van der Waals surface area contributed by atoms with E-state index in [0.29, 0.717) is 0 Å². The van der Waals surface area contributed by atoms with Crippen LogP contribution >= 0.6 is 15.9 Å². The van der Waals surface area contributed by atoms with Crippen molar-refractivity contribution in [3.05, 3.63) is 40.9 Å². The highest BCUT2D eigenvalue weighted by Gasteiger charge is 2.23. The van der Waals surface area contributed by atoms with Gasteiger partial charge >= 0.3 is 0 Å². The van der Waals surface area contributed by atoms with Gasteiger partial charge in [0, 0.05) is 37.2 Å². The predicted molar refractivity (Wildman–Crippen MR) is 99.1 cm³/mol. The van der Waals surface area contributed by atoms with E-state index in [0.717, 1.165) is 42.3 Å². The van der Waals surface area contributed by atoms with Crippen molar-refractivity contribution in [3.63, 3.8) is 0 Å². The molecule has 130 valence electrons. The van der Waals surface area contributed by atoms with Crippen LogP contribution in [0, 0.1) is 5.92 Å². The van der Waals surface area contributed by atoms with E-state index in [-0.39, 0.29) is 12.5 Å². The smallest absolute Gasteiger partial charge is 0.260 e. The van der Waals surface area contributed by atoms with Gasteiger partial charge in [0.2, 0.25) is 0 Å². The molecule has 0 spiro atoms. The Labute approximate surface area is 152 Å². The zero-order valence-corrected chi connectivity index (χ0v) is 15.6. The van der Waals surface area contributed by atoms with Crippen LogP contribution in [0.4, 0.5) is 0 Å². The molecule has 0 unspecified atom stereocenters. The minimum absolute atomic E-state index is 0.0816. The molecular weight excluding hydrogens is 368 g/mol. The predicted octanol–water partition coefficient (Wildman–Crippen LogP) is 3.33. The second kappa shape index (κ2) is 8.67. The van der Waals surface area contributed by atoms with E-state index in [9.17, 15) is 4.79 Å².